The number of nitrogens with zero attached hydrogens (tertiary/aromatic N) is 1. The van der Waals surface area contributed by atoms with Gasteiger partial charge in [0.2, 0.25) is 5.91 Å². The first-order valence-electron chi connectivity index (χ1n) is 9.60. The molecule has 0 heterocycles. The summed E-state index contributed by atoms with van der Waals surface area (Å²) in [6.45, 7) is 4.36. The van der Waals surface area contributed by atoms with E-state index >= 15 is 0 Å². The SMILES string of the molecule is CCCCNC(=O)C(C)N(Cc1ccc(Br)cc1)C(=O)COc1ccc(F)cc1. The highest BCUT2D eigenvalue weighted by Crippen LogP contribution is 2.16. The van der Waals surface area contributed by atoms with Crippen LogP contribution >= 0.6 is 15.9 Å². The second-order valence-electron chi connectivity index (χ2n) is 6.71. The molecule has 156 valence electrons. The van der Waals surface area contributed by atoms with Crippen LogP contribution in [-0.4, -0.2) is 35.9 Å². The molecule has 0 bridgehead atoms. The Kier molecular flexibility index (Phi) is 9.12. The molecule has 1 atom stereocenters. The van der Waals surface area contributed by atoms with Crippen LogP contribution in [0.2, 0.25) is 0 Å². The third kappa shape index (κ3) is 7.49. The number of unbranched alkanes of at least 4 members (excludes halogenated alkanes) is 1. The highest BCUT2D eigenvalue weighted by Gasteiger charge is 2.26. The van der Waals surface area contributed by atoms with Gasteiger partial charge in [0.05, 0.1) is 0 Å². The molecule has 0 spiro atoms. The van der Waals surface area contributed by atoms with E-state index in [1.165, 1.54) is 29.2 Å². The predicted octanol–water partition coefficient (Wildman–Crippen LogP) is 4.30. The molecule has 2 amide bonds. The van der Waals surface area contributed by atoms with E-state index in [0.717, 1.165) is 22.9 Å². The number of benzene rings is 2. The Morgan fingerprint density at radius 3 is 2.41 bits per heavy atom. The Hall–Kier alpha value is -2.41. The lowest BCUT2D eigenvalue weighted by atomic mass is 10.1. The maximum Gasteiger partial charge on any atom is 0.261 e. The van der Waals surface area contributed by atoms with Crippen molar-refractivity contribution in [2.24, 2.45) is 0 Å². The highest BCUT2D eigenvalue weighted by atomic mass is 79.9. The largest absolute Gasteiger partial charge is 0.484 e. The van der Waals surface area contributed by atoms with Gasteiger partial charge in [-0.25, -0.2) is 4.39 Å². The number of carbonyl (C=O) groups excluding carboxylic acids is 2. The average molecular weight is 465 g/mol. The number of hydrogen-bond acceptors (Lipinski definition) is 3. The molecule has 0 radical (unpaired) electrons. The Balaban J connectivity index is 2.08. The minimum absolute atomic E-state index is 0.203. The molecule has 0 aromatic heterocycles. The fraction of sp³-hybridized carbons (Fsp3) is 0.364. The molecule has 0 aliphatic rings. The van der Waals surface area contributed by atoms with Crippen molar-refractivity contribution in [1.82, 2.24) is 10.2 Å². The topological polar surface area (TPSA) is 58.6 Å². The first-order valence-corrected chi connectivity index (χ1v) is 10.4. The fourth-order valence-corrected chi connectivity index (χ4v) is 2.93. The van der Waals surface area contributed by atoms with Gasteiger partial charge in [0, 0.05) is 17.6 Å². The Labute approximate surface area is 179 Å². The minimum Gasteiger partial charge on any atom is -0.484 e. The molecule has 0 aliphatic carbocycles. The second-order valence-corrected chi connectivity index (χ2v) is 7.63. The molecule has 5 nitrogen and oxygen atoms in total. The summed E-state index contributed by atoms with van der Waals surface area (Å²) in [5, 5.41) is 2.87. The van der Waals surface area contributed by atoms with E-state index in [0.29, 0.717) is 12.3 Å². The quantitative estimate of drug-likeness (QED) is 0.533. The summed E-state index contributed by atoms with van der Waals surface area (Å²) in [4.78, 5) is 26.9. The van der Waals surface area contributed by atoms with Crippen LogP contribution in [0.25, 0.3) is 0 Å². The van der Waals surface area contributed by atoms with Crippen LogP contribution in [0.4, 0.5) is 4.39 Å². The molecule has 1 unspecified atom stereocenters. The number of ether oxygens (including phenoxy) is 1. The molecular formula is C22H26BrFN2O3. The van der Waals surface area contributed by atoms with Crippen LogP contribution in [0.15, 0.2) is 53.0 Å². The van der Waals surface area contributed by atoms with Crippen molar-refractivity contribution in [1.29, 1.82) is 0 Å². The maximum absolute atomic E-state index is 13.0. The third-order valence-electron chi connectivity index (χ3n) is 4.44. The lowest BCUT2D eigenvalue weighted by molar-refractivity contribution is -0.142. The van der Waals surface area contributed by atoms with Gasteiger partial charge in [0.15, 0.2) is 6.61 Å². The Bertz CT molecular complexity index is 797. The molecule has 7 heteroatoms. The van der Waals surface area contributed by atoms with Crippen LogP contribution in [0.1, 0.15) is 32.3 Å². The smallest absolute Gasteiger partial charge is 0.261 e. The molecule has 29 heavy (non-hydrogen) atoms. The monoisotopic (exact) mass is 464 g/mol. The first-order chi connectivity index (χ1) is 13.9. The molecule has 0 saturated heterocycles. The van der Waals surface area contributed by atoms with E-state index in [9.17, 15) is 14.0 Å². The third-order valence-corrected chi connectivity index (χ3v) is 4.97. The van der Waals surface area contributed by atoms with Gasteiger partial charge in [-0.05, 0) is 55.3 Å². The summed E-state index contributed by atoms with van der Waals surface area (Å²) in [5.74, 6) is -0.512. The summed E-state index contributed by atoms with van der Waals surface area (Å²) in [7, 11) is 0. The van der Waals surface area contributed by atoms with Crippen LogP contribution in [0, 0.1) is 5.82 Å². The zero-order chi connectivity index (χ0) is 21.2. The van der Waals surface area contributed by atoms with Crippen LogP contribution < -0.4 is 10.1 Å². The van der Waals surface area contributed by atoms with E-state index in [1.807, 2.05) is 31.2 Å². The molecule has 2 rings (SSSR count). The predicted molar refractivity (Wildman–Crippen MR) is 114 cm³/mol. The lowest BCUT2D eigenvalue weighted by Crippen LogP contribution is -2.49. The van der Waals surface area contributed by atoms with Crippen molar-refractivity contribution in [3.05, 3.63) is 64.4 Å². The van der Waals surface area contributed by atoms with Gasteiger partial charge in [0.25, 0.3) is 5.91 Å². The summed E-state index contributed by atoms with van der Waals surface area (Å²) < 4.78 is 19.5. The standard InChI is InChI=1S/C22H26BrFN2O3/c1-3-4-13-25-22(28)16(2)26(14-17-5-7-18(23)8-6-17)21(27)15-29-20-11-9-19(24)10-12-20/h5-12,16H,3-4,13-15H2,1-2H3,(H,25,28). The molecule has 0 saturated carbocycles. The molecule has 0 aliphatic heterocycles. The molecular weight excluding hydrogens is 439 g/mol. The fourth-order valence-electron chi connectivity index (χ4n) is 2.66. The summed E-state index contributed by atoms with van der Waals surface area (Å²) >= 11 is 3.39. The normalized spacial score (nSPS) is 11.6. The molecule has 0 fully saturated rings. The van der Waals surface area contributed by atoms with E-state index in [-0.39, 0.29) is 30.8 Å². The average Bonchev–Trinajstić information content (AvgIpc) is 2.72. The molecule has 2 aromatic carbocycles. The van der Waals surface area contributed by atoms with E-state index < -0.39 is 6.04 Å². The van der Waals surface area contributed by atoms with Crippen molar-refractivity contribution in [3.63, 3.8) is 0 Å². The highest BCUT2D eigenvalue weighted by molar-refractivity contribution is 9.10. The number of amides is 2. The zero-order valence-electron chi connectivity index (χ0n) is 16.7. The molecule has 2 aromatic rings. The van der Waals surface area contributed by atoms with Gasteiger partial charge in [-0.15, -0.1) is 0 Å². The second kappa shape index (κ2) is 11.6. The summed E-state index contributed by atoms with van der Waals surface area (Å²) in [6, 6.07) is 12.4. The van der Waals surface area contributed by atoms with Crippen molar-refractivity contribution >= 4 is 27.7 Å². The van der Waals surface area contributed by atoms with Crippen molar-refractivity contribution in [3.8, 4) is 5.75 Å². The number of hydrogen-bond donors (Lipinski definition) is 1. The van der Waals surface area contributed by atoms with Gasteiger partial charge >= 0.3 is 0 Å². The molecule has 1 N–H and O–H groups in total. The van der Waals surface area contributed by atoms with Gasteiger partial charge in [-0.3, -0.25) is 9.59 Å². The van der Waals surface area contributed by atoms with Crippen LogP contribution in [0.3, 0.4) is 0 Å². The van der Waals surface area contributed by atoms with E-state index in [1.54, 1.807) is 6.92 Å². The summed E-state index contributed by atoms with van der Waals surface area (Å²) in [5.41, 5.74) is 0.900. The van der Waals surface area contributed by atoms with Crippen LogP contribution in [-0.2, 0) is 16.1 Å². The van der Waals surface area contributed by atoms with Crippen molar-refractivity contribution < 1.29 is 18.7 Å². The number of rotatable bonds is 10. The minimum atomic E-state index is -0.653. The van der Waals surface area contributed by atoms with Crippen molar-refractivity contribution in [2.45, 2.75) is 39.3 Å². The number of halogens is 2. The van der Waals surface area contributed by atoms with Gasteiger partial charge < -0.3 is 15.0 Å². The van der Waals surface area contributed by atoms with Crippen molar-refractivity contribution in [2.75, 3.05) is 13.2 Å². The van der Waals surface area contributed by atoms with E-state index in [4.69, 9.17) is 4.74 Å². The summed E-state index contributed by atoms with van der Waals surface area (Å²) in [6.07, 6.45) is 1.86. The Morgan fingerprint density at radius 1 is 1.14 bits per heavy atom. The first kappa shape index (κ1) is 22.9. The number of carbonyl (C=O) groups is 2. The maximum atomic E-state index is 13.0. The van der Waals surface area contributed by atoms with Gasteiger partial charge in [0.1, 0.15) is 17.6 Å². The van der Waals surface area contributed by atoms with Crippen LogP contribution in [0.5, 0.6) is 5.75 Å². The Morgan fingerprint density at radius 2 is 1.79 bits per heavy atom. The van der Waals surface area contributed by atoms with Gasteiger partial charge in [-0.1, -0.05) is 41.4 Å². The zero-order valence-corrected chi connectivity index (χ0v) is 18.2. The van der Waals surface area contributed by atoms with E-state index in [2.05, 4.69) is 21.2 Å². The van der Waals surface area contributed by atoms with Gasteiger partial charge in [-0.2, -0.15) is 0 Å². The number of nitrogens with one attached hydrogen (secondary N) is 1. The lowest BCUT2D eigenvalue weighted by Gasteiger charge is -2.28.